The molecule has 1 amide bonds. The first-order chi connectivity index (χ1) is 14.2. The quantitative estimate of drug-likeness (QED) is 0.566. The van der Waals surface area contributed by atoms with Crippen molar-refractivity contribution in [3.63, 3.8) is 0 Å². The molecule has 0 spiro atoms. The lowest BCUT2D eigenvalue weighted by atomic mass is 10.2. The van der Waals surface area contributed by atoms with E-state index in [4.69, 9.17) is 4.74 Å². The molecule has 1 atom stereocenters. The third-order valence-electron chi connectivity index (χ3n) is 4.61. The van der Waals surface area contributed by atoms with Gasteiger partial charge in [-0.2, -0.15) is 0 Å². The average molecular weight is 458 g/mol. The number of hydrogen-bond donors (Lipinski definition) is 1. The largest absolute Gasteiger partial charge is 0.376 e. The molecule has 30 heavy (non-hydrogen) atoms. The Bertz CT molecular complexity index is 975. The number of nitrogens with one attached hydrogen (secondary N) is 1. The van der Waals surface area contributed by atoms with Crippen molar-refractivity contribution >= 4 is 33.4 Å². The SMILES string of the molecule is Cn1c(CN(c2ccc(F)cc2)S(C)(=O)=O)nnc1SCC(=O)NCC1CCCO1. The zero-order chi connectivity index (χ0) is 21.7. The van der Waals surface area contributed by atoms with Crippen molar-refractivity contribution < 1.29 is 22.3 Å². The Morgan fingerprint density at radius 2 is 2.10 bits per heavy atom. The Morgan fingerprint density at radius 1 is 1.37 bits per heavy atom. The van der Waals surface area contributed by atoms with Gasteiger partial charge in [0, 0.05) is 20.2 Å². The summed E-state index contributed by atoms with van der Waals surface area (Å²) in [6.45, 7) is 1.16. The van der Waals surface area contributed by atoms with Crippen LogP contribution in [0.5, 0.6) is 0 Å². The molecular formula is C18H24FN5O4S2. The molecule has 2 aromatic rings. The molecule has 12 heteroatoms. The van der Waals surface area contributed by atoms with Crippen LogP contribution in [0.2, 0.25) is 0 Å². The van der Waals surface area contributed by atoms with E-state index < -0.39 is 15.8 Å². The second-order valence-corrected chi connectivity index (χ2v) is 9.78. The smallest absolute Gasteiger partial charge is 0.232 e. The predicted molar refractivity (Wildman–Crippen MR) is 111 cm³/mol. The van der Waals surface area contributed by atoms with E-state index in [0.29, 0.717) is 23.2 Å². The van der Waals surface area contributed by atoms with Crippen molar-refractivity contribution in [3.8, 4) is 0 Å². The molecular weight excluding hydrogens is 433 g/mol. The number of halogens is 1. The van der Waals surface area contributed by atoms with Crippen LogP contribution in [0.25, 0.3) is 0 Å². The number of amides is 1. The Morgan fingerprint density at radius 3 is 2.73 bits per heavy atom. The highest BCUT2D eigenvalue weighted by Gasteiger charge is 2.22. The maximum atomic E-state index is 13.2. The number of aromatic nitrogens is 3. The summed E-state index contributed by atoms with van der Waals surface area (Å²) in [5, 5.41) is 11.4. The minimum atomic E-state index is -3.63. The Balaban J connectivity index is 1.61. The molecule has 0 bridgehead atoms. The third-order valence-corrected chi connectivity index (χ3v) is 6.77. The second-order valence-electron chi connectivity index (χ2n) is 6.93. The summed E-state index contributed by atoms with van der Waals surface area (Å²) in [6.07, 6.45) is 3.11. The summed E-state index contributed by atoms with van der Waals surface area (Å²) in [5.74, 6) is -0.0367. The molecule has 0 aliphatic carbocycles. The van der Waals surface area contributed by atoms with Gasteiger partial charge in [0.1, 0.15) is 5.82 Å². The number of ether oxygens (including phenoxy) is 1. The van der Waals surface area contributed by atoms with Crippen LogP contribution in [0.3, 0.4) is 0 Å². The first kappa shape index (κ1) is 22.5. The number of thioether (sulfide) groups is 1. The Hall–Kier alpha value is -2.18. The molecule has 2 heterocycles. The van der Waals surface area contributed by atoms with Gasteiger partial charge in [0.05, 0.1) is 30.3 Å². The molecule has 1 fully saturated rings. The summed E-state index contributed by atoms with van der Waals surface area (Å²) in [6, 6.07) is 5.17. The van der Waals surface area contributed by atoms with Crippen molar-refractivity contribution in [2.24, 2.45) is 7.05 Å². The number of carbonyl (C=O) groups excluding carboxylic acids is 1. The molecule has 1 unspecified atom stereocenters. The van der Waals surface area contributed by atoms with Gasteiger partial charge >= 0.3 is 0 Å². The van der Waals surface area contributed by atoms with Crippen LogP contribution in [0.4, 0.5) is 10.1 Å². The molecule has 164 valence electrons. The molecule has 1 N–H and O–H groups in total. The number of nitrogens with zero attached hydrogens (tertiary/aromatic N) is 4. The van der Waals surface area contributed by atoms with Crippen LogP contribution in [0.15, 0.2) is 29.4 Å². The van der Waals surface area contributed by atoms with Crippen LogP contribution in [0.1, 0.15) is 18.7 Å². The molecule has 1 aliphatic rings. The molecule has 9 nitrogen and oxygen atoms in total. The number of carbonyl (C=O) groups is 1. The van der Waals surface area contributed by atoms with Gasteiger partial charge in [-0.25, -0.2) is 12.8 Å². The first-order valence-electron chi connectivity index (χ1n) is 9.36. The van der Waals surface area contributed by atoms with Crippen LogP contribution in [-0.4, -0.2) is 60.4 Å². The van der Waals surface area contributed by atoms with Gasteiger partial charge < -0.3 is 14.6 Å². The molecule has 0 saturated carbocycles. The summed E-state index contributed by atoms with van der Waals surface area (Å²) in [7, 11) is -1.93. The monoisotopic (exact) mass is 457 g/mol. The van der Waals surface area contributed by atoms with Gasteiger partial charge in [0.25, 0.3) is 0 Å². The predicted octanol–water partition coefficient (Wildman–Crippen LogP) is 1.31. The van der Waals surface area contributed by atoms with E-state index in [1.165, 1.54) is 36.0 Å². The molecule has 1 aromatic carbocycles. The summed E-state index contributed by atoms with van der Waals surface area (Å²) in [4.78, 5) is 12.0. The fraction of sp³-hybridized carbons (Fsp3) is 0.500. The summed E-state index contributed by atoms with van der Waals surface area (Å²) < 4.78 is 45.9. The fourth-order valence-corrected chi connectivity index (χ4v) is 4.57. The zero-order valence-corrected chi connectivity index (χ0v) is 18.4. The Kier molecular flexibility index (Phi) is 7.32. The molecule has 1 aliphatic heterocycles. The second kappa shape index (κ2) is 9.75. The van der Waals surface area contributed by atoms with Gasteiger partial charge in [0.2, 0.25) is 15.9 Å². The maximum absolute atomic E-state index is 13.2. The van der Waals surface area contributed by atoms with Gasteiger partial charge in [-0.05, 0) is 37.1 Å². The highest BCUT2D eigenvalue weighted by atomic mass is 32.2. The number of rotatable bonds is 9. The summed E-state index contributed by atoms with van der Waals surface area (Å²) in [5.41, 5.74) is 0.324. The Labute approximate surface area is 179 Å². The van der Waals surface area contributed by atoms with Crippen molar-refractivity contribution in [1.29, 1.82) is 0 Å². The van der Waals surface area contributed by atoms with Crippen molar-refractivity contribution in [3.05, 3.63) is 35.9 Å². The van der Waals surface area contributed by atoms with Crippen molar-refractivity contribution in [1.82, 2.24) is 20.1 Å². The first-order valence-corrected chi connectivity index (χ1v) is 12.2. The number of benzene rings is 1. The van der Waals surface area contributed by atoms with Crippen molar-refractivity contribution in [2.45, 2.75) is 30.6 Å². The maximum Gasteiger partial charge on any atom is 0.232 e. The molecule has 1 aromatic heterocycles. The van der Waals surface area contributed by atoms with Crippen LogP contribution >= 0.6 is 11.8 Å². The van der Waals surface area contributed by atoms with Crippen LogP contribution < -0.4 is 9.62 Å². The van der Waals surface area contributed by atoms with E-state index in [1.54, 1.807) is 11.6 Å². The lowest BCUT2D eigenvalue weighted by molar-refractivity contribution is -0.119. The highest BCUT2D eigenvalue weighted by Crippen LogP contribution is 2.22. The zero-order valence-electron chi connectivity index (χ0n) is 16.7. The van der Waals surface area contributed by atoms with Gasteiger partial charge in [-0.3, -0.25) is 9.10 Å². The standard InChI is InChI=1S/C18H24FN5O4S2/c1-23-16(11-24(30(2,26)27)14-7-5-13(19)6-8-14)21-22-18(23)29-12-17(25)20-10-15-4-3-9-28-15/h5-8,15H,3-4,9-12H2,1-2H3,(H,20,25). The average Bonchev–Trinajstić information content (AvgIpc) is 3.33. The number of hydrogen-bond acceptors (Lipinski definition) is 7. The van der Waals surface area contributed by atoms with Gasteiger partial charge in [0.15, 0.2) is 11.0 Å². The van der Waals surface area contributed by atoms with Gasteiger partial charge in [-0.15, -0.1) is 10.2 Å². The van der Waals surface area contributed by atoms with E-state index in [0.717, 1.165) is 30.0 Å². The van der Waals surface area contributed by atoms with Crippen LogP contribution in [0, 0.1) is 5.82 Å². The van der Waals surface area contributed by atoms with Gasteiger partial charge in [-0.1, -0.05) is 11.8 Å². The summed E-state index contributed by atoms with van der Waals surface area (Å²) >= 11 is 1.21. The third kappa shape index (κ3) is 5.92. The van der Waals surface area contributed by atoms with E-state index in [-0.39, 0.29) is 24.3 Å². The lowest BCUT2D eigenvalue weighted by Gasteiger charge is -2.21. The topological polar surface area (TPSA) is 106 Å². The van der Waals surface area contributed by atoms with Crippen LogP contribution in [-0.2, 0) is 33.1 Å². The lowest BCUT2D eigenvalue weighted by Crippen LogP contribution is -2.33. The highest BCUT2D eigenvalue weighted by molar-refractivity contribution is 7.99. The van der Waals surface area contributed by atoms with E-state index in [1.807, 2.05) is 0 Å². The fourth-order valence-electron chi connectivity index (χ4n) is 2.96. The molecule has 1 saturated heterocycles. The van der Waals surface area contributed by atoms with E-state index in [2.05, 4.69) is 15.5 Å². The van der Waals surface area contributed by atoms with E-state index >= 15 is 0 Å². The number of sulfonamides is 1. The molecule has 0 radical (unpaired) electrons. The molecule has 3 rings (SSSR count). The minimum absolute atomic E-state index is 0.0697. The van der Waals surface area contributed by atoms with E-state index in [9.17, 15) is 17.6 Å². The number of anilines is 1. The minimum Gasteiger partial charge on any atom is -0.376 e. The van der Waals surface area contributed by atoms with Crippen molar-refractivity contribution in [2.75, 3.05) is 29.5 Å². The normalized spacial score (nSPS) is 16.6.